The standard InChI is InChI=1S/C27H36N6O4/c1-5-36-25-14-22(37-11-10-35-4)13-24-26(25)27(31-17-30-24)32-20-8-6-19(7-9-20)12-21(34)15-33(29)16-23(28)18(2)3/h6-9,13-14,16-18H,5,10-12,15,28-29H2,1-4H3,(H,30,31,32)/b23-16-. The van der Waals surface area contributed by atoms with E-state index in [0.717, 1.165) is 16.6 Å². The van der Waals surface area contributed by atoms with Crippen molar-refractivity contribution in [2.45, 2.75) is 27.2 Å². The molecule has 0 aliphatic carbocycles. The van der Waals surface area contributed by atoms with Gasteiger partial charge >= 0.3 is 0 Å². The van der Waals surface area contributed by atoms with Crippen LogP contribution in [0.25, 0.3) is 10.9 Å². The summed E-state index contributed by atoms with van der Waals surface area (Å²) in [5, 5.41) is 5.42. The van der Waals surface area contributed by atoms with Gasteiger partial charge in [0.1, 0.15) is 30.3 Å². The summed E-state index contributed by atoms with van der Waals surface area (Å²) in [6.45, 7) is 7.31. The number of aromatic nitrogens is 2. The highest BCUT2D eigenvalue weighted by Gasteiger charge is 2.14. The highest BCUT2D eigenvalue weighted by Crippen LogP contribution is 2.35. The van der Waals surface area contributed by atoms with Crippen LogP contribution < -0.4 is 26.4 Å². The Labute approximate surface area is 217 Å². The number of hydrazine groups is 1. The maximum absolute atomic E-state index is 12.5. The largest absolute Gasteiger partial charge is 0.493 e. The summed E-state index contributed by atoms with van der Waals surface area (Å²) >= 11 is 0. The number of hydrogen-bond acceptors (Lipinski definition) is 10. The Morgan fingerprint density at radius 1 is 1.14 bits per heavy atom. The fourth-order valence-electron chi connectivity index (χ4n) is 3.54. The van der Waals surface area contributed by atoms with E-state index in [2.05, 4.69) is 15.3 Å². The van der Waals surface area contributed by atoms with E-state index in [4.69, 9.17) is 25.8 Å². The van der Waals surface area contributed by atoms with Crippen molar-refractivity contribution < 1.29 is 19.0 Å². The predicted octanol–water partition coefficient (Wildman–Crippen LogP) is 3.54. The lowest BCUT2D eigenvalue weighted by atomic mass is 10.1. The molecule has 37 heavy (non-hydrogen) atoms. The van der Waals surface area contributed by atoms with E-state index in [9.17, 15) is 4.79 Å². The van der Waals surface area contributed by atoms with Crippen LogP contribution in [0, 0.1) is 5.92 Å². The Morgan fingerprint density at radius 3 is 2.57 bits per heavy atom. The van der Waals surface area contributed by atoms with Crippen molar-refractivity contribution in [2.24, 2.45) is 17.5 Å². The molecule has 1 heterocycles. The molecule has 198 valence electrons. The van der Waals surface area contributed by atoms with Crippen LogP contribution in [0.15, 0.2) is 54.6 Å². The van der Waals surface area contributed by atoms with Gasteiger partial charge in [0.15, 0.2) is 5.78 Å². The zero-order valence-corrected chi connectivity index (χ0v) is 21.9. The molecule has 2 aromatic carbocycles. The number of hydrogen-bond donors (Lipinski definition) is 3. The molecule has 10 nitrogen and oxygen atoms in total. The van der Waals surface area contributed by atoms with Gasteiger partial charge in [0.25, 0.3) is 0 Å². The first kappa shape index (κ1) is 27.7. The lowest BCUT2D eigenvalue weighted by Crippen LogP contribution is -2.33. The number of anilines is 2. The molecule has 0 bridgehead atoms. The Morgan fingerprint density at radius 2 is 1.89 bits per heavy atom. The number of benzene rings is 2. The van der Waals surface area contributed by atoms with E-state index in [1.165, 1.54) is 11.3 Å². The minimum atomic E-state index is -0.0114. The third kappa shape index (κ3) is 8.06. The topological polar surface area (TPSA) is 138 Å². The van der Waals surface area contributed by atoms with E-state index in [1.807, 2.05) is 57.2 Å². The normalized spacial score (nSPS) is 11.6. The van der Waals surface area contributed by atoms with Crippen molar-refractivity contribution in [1.29, 1.82) is 0 Å². The molecule has 0 atom stereocenters. The minimum absolute atomic E-state index is 0.0114. The summed E-state index contributed by atoms with van der Waals surface area (Å²) in [5.41, 5.74) is 8.92. The Balaban J connectivity index is 1.72. The number of nitrogens with two attached hydrogens (primary N) is 2. The van der Waals surface area contributed by atoms with E-state index in [0.29, 0.717) is 48.4 Å². The number of nitrogens with one attached hydrogen (secondary N) is 1. The molecule has 0 spiro atoms. The molecule has 5 N–H and O–H groups in total. The second kappa shape index (κ2) is 13.4. The monoisotopic (exact) mass is 508 g/mol. The van der Waals surface area contributed by atoms with E-state index >= 15 is 0 Å². The molecule has 0 aliphatic heterocycles. The highest BCUT2D eigenvalue weighted by molar-refractivity contribution is 5.96. The van der Waals surface area contributed by atoms with Gasteiger partial charge in [-0.1, -0.05) is 26.0 Å². The summed E-state index contributed by atoms with van der Waals surface area (Å²) in [6.07, 6.45) is 3.36. The second-order valence-electron chi connectivity index (χ2n) is 8.81. The zero-order valence-electron chi connectivity index (χ0n) is 21.9. The molecule has 0 fully saturated rings. The number of carbonyl (C=O) groups excluding carboxylic acids is 1. The second-order valence-corrected chi connectivity index (χ2v) is 8.81. The molecular formula is C27H36N6O4. The maximum atomic E-state index is 12.5. The lowest BCUT2D eigenvalue weighted by Gasteiger charge is -2.16. The summed E-state index contributed by atoms with van der Waals surface area (Å²) in [5.74, 6) is 7.93. The van der Waals surface area contributed by atoms with Crippen molar-refractivity contribution >= 4 is 28.2 Å². The van der Waals surface area contributed by atoms with E-state index in [1.54, 1.807) is 13.3 Å². The van der Waals surface area contributed by atoms with Gasteiger partial charge in [0.2, 0.25) is 0 Å². The van der Waals surface area contributed by atoms with Crippen LogP contribution in [-0.2, 0) is 16.0 Å². The molecule has 1 aromatic heterocycles. The third-order valence-electron chi connectivity index (χ3n) is 5.49. The number of fused-ring (bicyclic) bond motifs is 1. The predicted molar refractivity (Wildman–Crippen MR) is 145 cm³/mol. The number of ether oxygens (including phenoxy) is 3. The molecule has 0 saturated heterocycles. The molecule has 0 amide bonds. The van der Waals surface area contributed by atoms with Crippen molar-refractivity contribution in [2.75, 3.05) is 38.8 Å². The van der Waals surface area contributed by atoms with Crippen LogP contribution >= 0.6 is 0 Å². The number of allylic oxidation sites excluding steroid dienone is 1. The molecule has 3 rings (SSSR count). The van der Waals surface area contributed by atoms with Gasteiger partial charge in [0.05, 0.1) is 30.7 Å². The Hall–Kier alpha value is -3.89. The first-order valence-corrected chi connectivity index (χ1v) is 12.2. The van der Waals surface area contributed by atoms with Crippen molar-refractivity contribution in [1.82, 2.24) is 15.0 Å². The molecule has 3 aromatic rings. The van der Waals surface area contributed by atoms with Crippen LogP contribution in [0.1, 0.15) is 26.3 Å². The van der Waals surface area contributed by atoms with Crippen LogP contribution in [0.3, 0.4) is 0 Å². The van der Waals surface area contributed by atoms with Crippen LogP contribution in [0.2, 0.25) is 0 Å². The summed E-state index contributed by atoms with van der Waals surface area (Å²) in [4.78, 5) is 21.3. The quantitative estimate of drug-likeness (QED) is 0.168. The maximum Gasteiger partial charge on any atom is 0.158 e. The van der Waals surface area contributed by atoms with Crippen LogP contribution in [0.4, 0.5) is 11.5 Å². The van der Waals surface area contributed by atoms with Gasteiger partial charge in [0, 0.05) is 43.2 Å². The SMILES string of the molecule is CCOc1cc(OCCOC)cc2ncnc(Nc3ccc(CC(=O)CN(N)/C=C(\N)C(C)C)cc3)c12. The van der Waals surface area contributed by atoms with E-state index in [-0.39, 0.29) is 24.7 Å². The van der Waals surface area contributed by atoms with Gasteiger partial charge in [-0.2, -0.15) is 0 Å². The van der Waals surface area contributed by atoms with Crippen molar-refractivity contribution in [3.8, 4) is 11.5 Å². The average molecular weight is 509 g/mol. The summed E-state index contributed by atoms with van der Waals surface area (Å²) in [7, 11) is 1.63. The average Bonchev–Trinajstić information content (AvgIpc) is 2.85. The minimum Gasteiger partial charge on any atom is -0.493 e. The Kier molecular flexibility index (Phi) is 10.0. The Bertz CT molecular complexity index is 1210. The van der Waals surface area contributed by atoms with Crippen LogP contribution in [-0.4, -0.2) is 54.2 Å². The molecule has 10 heteroatoms. The molecule has 0 radical (unpaired) electrons. The van der Waals surface area contributed by atoms with Crippen molar-refractivity contribution in [3.05, 3.63) is 60.2 Å². The smallest absolute Gasteiger partial charge is 0.158 e. The fraction of sp³-hybridized carbons (Fsp3) is 0.370. The fourth-order valence-corrected chi connectivity index (χ4v) is 3.54. The molecule has 0 unspecified atom stereocenters. The third-order valence-corrected chi connectivity index (χ3v) is 5.49. The lowest BCUT2D eigenvalue weighted by molar-refractivity contribution is -0.119. The molecule has 0 saturated carbocycles. The number of Topliss-reactive ketones (excluding diaryl/α,β-unsaturated/α-hetero) is 1. The number of methoxy groups -OCH3 is 1. The summed E-state index contributed by atoms with van der Waals surface area (Å²) < 4.78 is 16.7. The van der Waals surface area contributed by atoms with Gasteiger partial charge in [-0.25, -0.2) is 15.8 Å². The first-order valence-electron chi connectivity index (χ1n) is 12.2. The highest BCUT2D eigenvalue weighted by atomic mass is 16.5. The number of ketones is 1. The van der Waals surface area contributed by atoms with Gasteiger partial charge in [-0.3, -0.25) is 4.79 Å². The van der Waals surface area contributed by atoms with Gasteiger partial charge < -0.3 is 30.3 Å². The number of carbonyl (C=O) groups is 1. The van der Waals surface area contributed by atoms with Gasteiger partial charge in [-0.05, 0) is 30.5 Å². The number of nitrogens with zero attached hydrogens (tertiary/aromatic N) is 3. The molecular weight excluding hydrogens is 472 g/mol. The van der Waals surface area contributed by atoms with Crippen LogP contribution in [0.5, 0.6) is 11.5 Å². The zero-order chi connectivity index (χ0) is 26.8. The number of rotatable bonds is 14. The van der Waals surface area contributed by atoms with E-state index < -0.39 is 0 Å². The molecule has 0 aliphatic rings. The van der Waals surface area contributed by atoms with Crippen molar-refractivity contribution in [3.63, 3.8) is 0 Å². The first-order chi connectivity index (χ1) is 17.8. The summed E-state index contributed by atoms with van der Waals surface area (Å²) in [6, 6.07) is 11.3. The van der Waals surface area contributed by atoms with Gasteiger partial charge in [-0.15, -0.1) is 0 Å².